The largest absolute Gasteiger partial charge is 0.378 e. The van der Waals surface area contributed by atoms with Crippen LogP contribution in [0.1, 0.15) is 18.5 Å². The second-order valence-electron chi connectivity index (χ2n) is 3.83. The summed E-state index contributed by atoms with van der Waals surface area (Å²) in [7, 11) is 1.86. The van der Waals surface area contributed by atoms with Crippen LogP contribution in [0.5, 0.6) is 0 Å². The third kappa shape index (κ3) is 2.93. The second kappa shape index (κ2) is 5.30. The Morgan fingerprint density at radius 2 is 1.88 bits per heavy atom. The molecule has 4 heteroatoms. The fraction of sp³-hybridized carbons (Fsp3) is 0.231. The summed E-state index contributed by atoms with van der Waals surface area (Å²) < 4.78 is 0. The molecule has 0 aliphatic heterocycles. The first kappa shape index (κ1) is 11.4. The van der Waals surface area contributed by atoms with Gasteiger partial charge in [0.25, 0.3) is 0 Å². The zero-order valence-electron chi connectivity index (χ0n) is 10.0. The van der Waals surface area contributed by atoms with Gasteiger partial charge >= 0.3 is 0 Å². The van der Waals surface area contributed by atoms with E-state index in [9.17, 15) is 0 Å². The number of rotatable bonds is 4. The summed E-state index contributed by atoms with van der Waals surface area (Å²) in [6, 6.07) is 8.21. The van der Waals surface area contributed by atoms with Gasteiger partial charge in [0.15, 0.2) is 0 Å². The van der Waals surface area contributed by atoms with Crippen molar-refractivity contribution in [1.29, 1.82) is 0 Å². The number of hydrogen-bond acceptors (Lipinski definition) is 4. The minimum atomic E-state index is 0.241. The van der Waals surface area contributed by atoms with E-state index in [1.165, 1.54) is 5.56 Å². The monoisotopic (exact) mass is 228 g/mol. The first-order valence-corrected chi connectivity index (χ1v) is 5.60. The molecule has 0 aromatic carbocycles. The van der Waals surface area contributed by atoms with E-state index >= 15 is 0 Å². The molecule has 0 saturated carbocycles. The van der Waals surface area contributed by atoms with Crippen molar-refractivity contribution in [3.8, 4) is 0 Å². The number of pyridine rings is 2. The van der Waals surface area contributed by atoms with Crippen molar-refractivity contribution in [3.63, 3.8) is 0 Å². The Labute approximate surface area is 101 Å². The van der Waals surface area contributed by atoms with Crippen LogP contribution >= 0.6 is 0 Å². The maximum absolute atomic E-state index is 4.18. The van der Waals surface area contributed by atoms with Gasteiger partial charge in [-0.25, -0.2) is 4.98 Å². The summed E-state index contributed by atoms with van der Waals surface area (Å²) in [6.07, 6.45) is 5.39. The van der Waals surface area contributed by atoms with E-state index in [2.05, 4.69) is 27.5 Å². The van der Waals surface area contributed by atoms with Crippen LogP contribution in [0.15, 0.2) is 42.9 Å². The lowest BCUT2D eigenvalue weighted by atomic mass is 10.1. The maximum Gasteiger partial charge on any atom is 0.127 e. The van der Waals surface area contributed by atoms with Crippen molar-refractivity contribution >= 4 is 11.5 Å². The van der Waals surface area contributed by atoms with Gasteiger partial charge in [-0.3, -0.25) is 4.98 Å². The predicted molar refractivity (Wildman–Crippen MR) is 70.1 cm³/mol. The third-order valence-electron chi connectivity index (χ3n) is 2.61. The molecule has 2 aromatic rings. The summed E-state index contributed by atoms with van der Waals surface area (Å²) in [5, 5.41) is 6.44. The lowest BCUT2D eigenvalue weighted by Gasteiger charge is -2.15. The Morgan fingerprint density at radius 3 is 2.59 bits per heavy atom. The average molecular weight is 228 g/mol. The van der Waals surface area contributed by atoms with Crippen molar-refractivity contribution in [1.82, 2.24) is 9.97 Å². The molecule has 0 bridgehead atoms. The Hall–Kier alpha value is -2.10. The Morgan fingerprint density at radius 1 is 1.12 bits per heavy atom. The van der Waals surface area contributed by atoms with Gasteiger partial charge in [-0.1, -0.05) is 0 Å². The smallest absolute Gasteiger partial charge is 0.127 e. The Kier molecular flexibility index (Phi) is 3.55. The molecule has 88 valence electrons. The van der Waals surface area contributed by atoms with Crippen molar-refractivity contribution in [2.24, 2.45) is 0 Å². The molecule has 0 fully saturated rings. The van der Waals surface area contributed by atoms with E-state index in [1.807, 2.05) is 31.3 Å². The first-order valence-electron chi connectivity index (χ1n) is 5.60. The molecule has 17 heavy (non-hydrogen) atoms. The molecule has 2 rings (SSSR count). The van der Waals surface area contributed by atoms with Crippen molar-refractivity contribution in [2.75, 3.05) is 17.7 Å². The highest BCUT2D eigenvalue weighted by Gasteiger charge is 2.04. The minimum absolute atomic E-state index is 0.241. The molecule has 2 N–H and O–H groups in total. The van der Waals surface area contributed by atoms with Crippen LogP contribution in [0.2, 0.25) is 0 Å². The number of aromatic nitrogens is 2. The molecule has 0 aliphatic carbocycles. The van der Waals surface area contributed by atoms with Crippen LogP contribution < -0.4 is 10.6 Å². The van der Waals surface area contributed by atoms with Crippen molar-refractivity contribution < 1.29 is 0 Å². The number of nitrogens with zero attached hydrogens (tertiary/aromatic N) is 2. The van der Waals surface area contributed by atoms with Gasteiger partial charge in [0.1, 0.15) is 5.82 Å². The van der Waals surface area contributed by atoms with E-state index in [1.54, 1.807) is 18.6 Å². The molecular weight excluding hydrogens is 212 g/mol. The maximum atomic E-state index is 4.18. The van der Waals surface area contributed by atoms with Gasteiger partial charge in [-0.15, -0.1) is 0 Å². The highest BCUT2D eigenvalue weighted by molar-refractivity contribution is 5.52. The number of anilines is 2. The van der Waals surface area contributed by atoms with Crippen LogP contribution in [0, 0.1) is 0 Å². The molecule has 1 atom stereocenters. The Balaban J connectivity index is 2.10. The first-order chi connectivity index (χ1) is 8.29. The molecule has 0 aliphatic rings. The lowest BCUT2D eigenvalue weighted by molar-refractivity contribution is 0.880. The standard InChI is InChI=1S/C13H16N4/c1-10(11-3-6-15-7-4-11)17-12-5-8-16-13(9-12)14-2/h3-10H,1-2H3,(H2,14,16,17). The fourth-order valence-corrected chi connectivity index (χ4v) is 1.64. The fourth-order valence-electron chi connectivity index (χ4n) is 1.64. The molecule has 0 saturated heterocycles. The van der Waals surface area contributed by atoms with Crippen LogP contribution in [0.4, 0.5) is 11.5 Å². The summed E-state index contributed by atoms with van der Waals surface area (Å²) in [5.41, 5.74) is 2.26. The summed E-state index contributed by atoms with van der Waals surface area (Å²) >= 11 is 0. The van der Waals surface area contributed by atoms with Gasteiger partial charge < -0.3 is 10.6 Å². The van der Waals surface area contributed by atoms with Gasteiger partial charge in [0.2, 0.25) is 0 Å². The molecular formula is C13H16N4. The number of nitrogens with one attached hydrogen (secondary N) is 2. The molecule has 2 heterocycles. The quantitative estimate of drug-likeness (QED) is 0.844. The molecule has 0 radical (unpaired) electrons. The molecule has 0 spiro atoms. The van der Waals surface area contributed by atoms with Gasteiger partial charge in [-0.05, 0) is 30.7 Å². The highest BCUT2D eigenvalue weighted by atomic mass is 15.0. The zero-order chi connectivity index (χ0) is 12.1. The molecule has 2 aromatic heterocycles. The highest BCUT2D eigenvalue weighted by Crippen LogP contribution is 2.19. The molecule has 0 amide bonds. The van der Waals surface area contributed by atoms with Crippen LogP contribution in [0.25, 0.3) is 0 Å². The zero-order valence-corrected chi connectivity index (χ0v) is 10.0. The number of hydrogen-bond donors (Lipinski definition) is 2. The SMILES string of the molecule is CNc1cc(NC(C)c2ccncc2)ccn1. The average Bonchev–Trinajstić information content (AvgIpc) is 2.40. The second-order valence-corrected chi connectivity index (χ2v) is 3.83. The van der Waals surface area contributed by atoms with Crippen LogP contribution in [-0.2, 0) is 0 Å². The van der Waals surface area contributed by atoms with Crippen molar-refractivity contribution in [2.45, 2.75) is 13.0 Å². The molecule has 4 nitrogen and oxygen atoms in total. The topological polar surface area (TPSA) is 49.8 Å². The van der Waals surface area contributed by atoms with E-state index in [0.29, 0.717) is 0 Å². The van der Waals surface area contributed by atoms with Gasteiger partial charge in [0.05, 0.1) is 0 Å². The minimum Gasteiger partial charge on any atom is -0.378 e. The summed E-state index contributed by atoms with van der Waals surface area (Å²) in [4.78, 5) is 8.19. The molecule has 1 unspecified atom stereocenters. The van der Waals surface area contributed by atoms with Crippen LogP contribution in [-0.4, -0.2) is 17.0 Å². The summed E-state index contributed by atoms with van der Waals surface area (Å²) in [6.45, 7) is 2.12. The van der Waals surface area contributed by atoms with E-state index in [-0.39, 0.29) is 6.04 Å². The van der Waals surface area contributed by atoms with Gasteiger partial charge in [-0.2, -0.15) is 0 Å². The van der Waals surface area contributed by atoms with Crippen molar-refractivity contribution in [3.05, 3.63) is 48.4 Å². The van der Waals surface area contributed by atoms with E-state index in [0.717, 1.165) is 11.5 Å². The van der Waals surface area contributed by atoms with E-state index < -0.39 is 0 Å². The van der Waals surface area contributed by atoms with E-state index in [4.69, 9.17) is 0 Å². The predicted octanol–water partition coefficient (Wildman–Crippen LogP) is 2.69. The van der Waals surface area contributed by atoms with Crippen LogP contribution in [0.3, 0.4) is 0 Å². The normalized spacial score (nSPS) is 11.9. The Bertz CT molecular complexity index is 470. The van der Waals surface area contributed by atoms with Gasteiger partial charge in [0, 0.05) is 43.4 Å². The third-order valence-corrected chi connectivity index (χ3v) is 2.61. The summed E-state index contributed by atoms with van der Waals surface area (Å²) in [5.74, 6) is 0.858. The lowest BCUT2D eigenvalue weighted by Crippen LogP contribution is -2.07.